The summed E-state index contributed by atoms with van der Waals surface area (Å²) in [5.74, 6) is 1.93. The van der Waals surface area contributed by atoms with Crippen LogP contribution in [0.2, 0.25) is 0 Å². The van der Waals surface area contributed by atoms with Crippen molar-refractivity contribution in [3.8, 4) is 0 Å². The third kappa shape index (κ3) is 22.2. The summed E-state index contributed by atoms with van der Waals surface area (Å²) in [6, 6.07) is 0. The van der Waals surface area contributed by atoms with Crippen molar-refractivity contribution in [3.63, 3.8) is 0 Å². The summed E-state index contributed by atoms with van der Waals surface area (Å²) in [5.41, 5.74) is 0.484. The van der Waals surface area contributed by atoms with Crippen LogP contribution in [0.5, 0.6) is 0 Å². The van der Waals surface area contributed by atoms with Crippen molar-refractivity contribution in [1.29, 1.82) is 0 Å². The van der Waals surface area contributed by atoms with Crippen LogP contribution in [0.3, 0.4) is 0 Å². The molecule has 0 bridgehead atoms. The van der Waals surface area contributed by atoms with Gasteiger partial charge in [0.15, 0.2) is 0 Å². The highest BCUT2D eigenvalue weighted by atomic mass is 14.3. The first-order valence-corrected chi connectivity index (χ1v) is 16.0. The fraction of sp³-hybridized carbons (Fsp3) is 1.00. The first-order chi connectivity index (χ1) is 16.0. The van der Waals surface area contributed by atoms with Crippen LogP contribution in [-0.4, -0.2) is 0 Å². The monoisotopic (exact) mass is 465 g/mol. The van der Waals surface area contributed by atoms with Gasteiger partial charge >= 0.3 is 0 Å². The van der Waals surface area contributed by atoms with Gasteiger partial charge in [0.05, 0.1) is 0 Å². The minimum absolute atomic E-state index is 0.484. The Bertz CT molecular complexity index is 347. The zero-order valence-electron chi connectivity index (χ0n) is 24.6. The quantitative estimate of drug-likeness (QED) is 0.118. The van der Waals surface area contributed by atoms with Crippen LogP contribution in [0.25, 0.3) is 0 Å². The summed E-state index contributed by atoms with van der Waals surface area (Å²) in [5, 5.41) is 0. The molecule has 0 amide bonds. The fourth-order valence-electron chi connectivity index (χ4n) is 5.69. The topological polar surface area (TPSA) is 0 Å². The van der Waals surface area contributed by atoms with Gasteiger partial charge in [-0.15, -0.1) is 0 Å². The van der Waals surface area contributed by atoms with E-state index in [9.17, 15) is 0 Å². The Morgan fingerprint density at radius 3 is 1.06 bits per heavy atom. The molecule has 0 heteroatoms. The molecule has 0 N–H and O–H groups in total. The van der Waals surface area contributed by atoms with Crippen molar-refractivity contribution in [3.05, 3.63) is 0 Å². The second-order valence-electron chi connectivity index (χ2n) is 12.5. The summed E-state index contributed by atoms with van der Waals surface area (Å²) >= 11 is 0. The van der Waals surface area contributed by atoms with Gasteiger partial charge in [-0.2, -0.15) is 0 Å². The molecule has 0 fully saturated rings. The molecule has 0 heterocycles. The molecule has 0 saturated carbocycles. The van der Waals surface area contributed by atoms with Gasteiger partial charge in [-0.3, -0.25) is 0 Å². The summed E-state index contributed by atoms with van der Waals surface area (Å²) < 4.78 is 0. The Hall–Kier alpha value is 0. The molecular weight excluding hydrogens is 396 g/mol. The van der Waals surface area contributed by atoms with Gasteiger partial charge < -0.3 is 0 Å². The predicted octanol–water partition coefficient (Wildman–Crippen LogP) is 12.7. The van der Waals surface area contributed by atoms with Gasteiger partial charge in [-0.05, 0) is 30.1 Å². The van der Waals surface area contributed by atoms with Crippen molar-refractivity contribution < 1.29 is 0 Å². The molecule has 0 aliphatic carbocycles. The van der Waals surface area contributed by atoms with E-state index in [4.69, 9.17) is 0 Å². The molecule has 1 atom stereocenters. The summed E-state index contributed by atoms with van der Waals surface area (Å²) in [7, 11) is 0. The highest BCUT2D eigenvalue weighted by molar-refractivity contribution is 4.75. The molecule has 0 nitrogen and oxygen atoms in total. The number of rotatable bonds is 25. The van der Waals surface area contributed by atoms with E-state index in [1.165, 1.54) is 154 Å². The van der Waals surface area contributed by atoms with Gasteiger partial charge in [0, 0.05) is 0 Å². The van der Waals surface area contributed by atoms with Crippen molar-refractivity contribution >= 4 is 0 Å². The summed E-state index contributed by atoms with van der Waals surface area (Å²) in [6.07, 6.45) is 35.0. The third-order valence-electron chi connectivity index (χ3n) is 8.23. The zero-order valence-corrected chi connectivity index (χ0v) is 24.6. The lowest BCUT2D eigenvalue weighted by atomic mass is 9.74. The maximum absolute atomic E-state index is 2.50. The molecule has 1 unspecified atom stereocenters. The third-order valence-corrected chi connectivity index (χ3v) is 8.23. The van der Waals surface area contributed by atoms with Crippen LogP contribution < -0.4 is 0 Å². The maximum Gasteiger partial charge on any atom is -0.0354 e. The average molecular weight is 465 g/mol. The van der Waals surface area contributed by atoms with Gasteiger partial charge in [-0.25, -0.2) is 0 Å². The lowest BCUT2D eigenvalue weighted by Gasteiger charge is -2.31. The van der Waals surface area contributed by atoms with Crippen LogP contribution in [0.4, 0.5) is 0 Å². The Morgan fingerprint density at radius 2 is 0.667 bits per heavy atom. The van der Waals surface area contributed by atoms with E-state index < -0.39 is 0 Å². The van der Waals surface area contributed by atoms with Crippen molar-refractivity contribution in [2.45, 2.75) is 196 Å². The van der Waals surface area contributed by atoms with Gasteiger partial charge in [-0.1, -0.05) is 183 Å². The van der Waals surface area contributed by atoms with Crippen LogP contribution in [-0.2, 0) is 0 Å². The Labute approximate surface area is 212 Å². The Kier molecular flexibility index (Phi) is 23.7. The van der Waals surface area contributed by atoms with E-state index >= 15 is 0 Å². The smallest absolute Gasteiger partial charge is 0.0354 e. The average Bonchev–Trinajstić information content (AvgIpc) is 2.78. The lowest BCUT2D eigenvalue weighted by Crippen LogP contribution is -2.20. The minimum atomic E-state index is 0.484. The molecule has 0 radical (unpaired) electrons. The first-order valence-electron chi connectivity index (χ1n) is 16.0. The second-order valence-corrected chi connectivity index (χ2v) is 12.5. The molecule has 0 rings (SSSR count). The molecule has 0 aromatic rings. The molecular formula is C33H68. The van der Waals surface area contributed by atoms with Crippen LogP contribution in [0, 0.1) is 17.3 Å². The molecule has 0 aromatic heterocycles. The highest BCUT2D eigenvalue weighted by Crippen LogP contribution is 2.35. The second kappa shape index (κ2) is 23.7. The highest BCUT2D eigenvalue weighted by Gasteiger charge is 2.24. The number of unbranched alkanes of at least 4 members (excludes halogenated alkanes) is 15. The predicted molar refractivity (Wildman–Crippen MR) is 154 cm³/mol. The van der Waals surface area contributed by atoms with E-state index in [2.05, 4.69) is 41.5 Å². The molecule has 0 spiro atoms. The van der Waals surface area contributed by atoms with Gasteiger partial charge in [0.2, 0.25) is 0 Å². The molecule has 33 heavy (non-hydrogen) atoms. The standard InChI is InChI=1S/C33H68/c1-7-10-13-16-19-22-26-31(27-23-20-17-14-11-8-2)28-25-30-32(33(4,5)6)29-24-21-18-15-12-9-3/h31-32H,7-30H2,1-6H3. The Morgan fingerprint density at radius 1 is 0.364 bits per heavy atom. The normalized spacial score (nSPS) is 13.2. The van der Waals surface area contributed by atoms with Crippen molar-refractivity contribution in [2.75, 3.05) is 0 Å². The maximum atomic E-state index is 2.50. The summed E-state index contributed by atoms with van der Waals surface area (Å²) in [6.45, 7) is 14.5. The first kappa shape index (κ1) is 33.0. The minimum Gasteiger partial charge on any atom is -0.0654 e. The van der Waals surface area contributed by atoms with E-state index in [1.54, 1.807) is 0 Å². The SMILES string of the molecule is CCCCCCCCC(CCCCCCCC)CCCC(CCCCCCCC)C(C)(C)C. The Balaban J connectivity index is 4.34. The number of hydrogen-bond acceptors (Lipinski definition) is 0. The van der Waals surface area contributed by atoms with E-state index in [0.717, 1.165) is 11.8 Å². The number of hydrogen-bond donors (Lipinski definition) is 0. The van der Waals surface area contributed by atoms with Crippen LogP contribution >= 0.6 is 0 Å². The van der Waals surface area contributed by atoms with E-state index in [0.29, 0.717) is 5.41 Å². The molecule has 0 aliphatic rings. The molecule has 0 aromatic carbocycles. The molecule has 0 saturated heterocycles. The molecule has 0 aliphatic heterocycles. The van der Waals surface area contributed by atoms with E-state index in [-0.39, 0.29) is 0 Å². The van der Waals surface area contributed by atoms with Crippen LogP contribution in [0.1, 0.15) is 196 Å². The zero-order chi connectivity index (χ0) is 24.6. The lowest BCUT2D eigenvalue weighted by molar-refractivity contribution is 0.196. The largest absolute Gasteiger partial charge is 0.0654 e. The molecule has 200 valence electrons. The van der Waals surface area contributed by atoms with Gasteiger partial charge in [0.25, 0.3) is 0 Å². The van der Waals surface area contributed by atoms with Crippen molar-refractivity contribution in [2.24, 2.45) is 17.3 Å². The van der Waals surface area contributed by atoms with Crippen LogP contribution in [0.15, 0.2) is 0 Å². The fourth-order valence-corrected chi connectivity index (χ4v) is 5.69. The van der Waals surface area contributed by atoms with E-state index in [1.807, 2.05) is 0 Å². The van der Waals surface area contributed by atoms with Gasteiger partial charge in [0.1, 0.15) is 0 Å². The van der Waals surface area contributed by atoms with Crippen molar-refractivity contribution in [1.82, 2.24) is 0 Å². The summed E-state index contributed by atoms with van der Waals surface area (Å²) in [4.78, 5) is 0.